The van der Waals surface area contributed by atoms with Gasteiger partial charge in [-0.1, -0.05) is 12.1 Å². The van der Waals surface area contributed by atoms with Crippen molar-refractivity contribution in [3.05, 3.63) is 58.7 Å². The zero-order chi connectivity index (χ0) is 18.0. The molecule has 0 spiro atoms. The molecule has 0 radical (unpaired) electrons. The molecule has 0 fully saturated rings. The standard InChI is InChI=1S/C20H21NO4/c1-12(2)25-18-10-9-14(20(23)24)11-17(18)21-19(22)16-8-4-6-13-5-3-7-15(13)16/h4,6,8-12H,3,5,7H2,1-2H3,(H,21,22)(H,23,24). The van der Waals surface area contributed by atoms with Crippen LogP contribution in [0.4, 0.5) is 5.69 Å². The first kappa shape index (κ1) is 17.0. The Morgan fingerprint density at radius 2 is 1.96 bits per heavy atom. The maximum absolute atomic E-state index is 12.8. The van der Waals surface area contributed by atoms with Gasteiger partial charge < -0.3 is 15.2 Å². The molecule has 25 heavy (non-hydrogen) atoms. The Hall–Kier alpha value is -2.82. The first-order chi connectivity index (χ1) is 12.0. The van der Waals surface area contributed by atoms with Crippen LogP contribution in [0.25, 0.3) is 0 Å². The van der Waals surface area contributed by atoms with Crippen LogP contribution in [0.15, 0.2) is 36.4 Å². The minimum atomic E-state index is -1.05. The maximum atomic E-state index is 12.8. The topological polar surface area (TPSA) is 75.6 Å². The summed E-state index contributed by atoms with van der Waals surface area (Å²) in [7, 11) is 0. The molecule has 5 nitrogen and oxygen atoms in total. The van der Waals surface area contributed by atoms with Gasteiger partial charge in [0.05, 0.1) is 17.4 Å². The molecule has 1 aliphatic rings. The Morgan fingerprint density at radius 1 is 1.16 bits per heavy atom. The van der Waals surface area contributed by atoms with Crippen molar-refractivity contribution < 1.29 is 19.4 Å². The molecular formula is C20H21NO4. The minimum absolute atomic E-state index is 0.0905. The summed E-state index contributed by atoms with van der Waals surface area (Å²) in [6, 6.07) is 10.2. The van der Waals surface area contributed by atoms with Crippen molar-refractivity contribution in [3.8, 4) is 5.75 Å². The molecule has 2 N–H and O–H groups in total. The molecule has 1 aliphatic carbocycles. The van der Waals surface area contributed by atoms with E-state index in [1.165, 1.54) is 17.7 Å². The van der Waals surface area contributed by atoms with Crippen LogP contribution in [-0.4, -0.2) is 23.1 Å². The van der Waals surface area contributed by atoms with Crippen LogP contribution < -0.4 is 10.1 Å². The largest absolute Gasteiger partial charge is 0.489 e. The van der Waals surface area contributed by atoms with Gasteiger partial charge in [0.25, 0.3) is 5.91 Å². The molecule has 1 amide bonds. The average Bonchev–Trinajstić information content (AvgIpc) is 3.04. The molecule has 3 rings (SSSR count). The SMILES string of the molecule is CC(C)Oc1ccc(C(=O)O)cc1NC(=O)c1cccc2c1CCC2. The summed E-state index contributed by atoms with van der Waals surface area (Å²) in [5, 5.41) is 12.0. The Bertz CT molecular complexity index is 826. The van der Waals surface area contributed by atoms with Crippen LogP contribution in [0.3, 0.4) is 0 Å². The number of aryl methyl sites for hydroxylation is 1. The molecule has 5 heteroatoms. The highest BCUT2D eigenvalue weighted by Crippen LogP contribution is 2.30. The second-order valence-corrected chi connectivity index (χ2v) is 6.43. The van der Waals surface area contributed by atoms with Crippen LogP contribution in [0.5, 0.6) is 5.75 Å². The number of ether oxygens (including phenoxy) is 1. The normalized spacial score (nSPS) is 12.8. The first-order valence-corrected chi connectivity index (χ1v) is 8.42. The minimum Gasteiger partial charge on any atom is -0.489 e. The number of benzene rings is 2. The van der Waals surface area contributed by atoms with E-state index in [0.29, 0.717) is 17.0 Å². The molecular weight excluding hydrogens is 318 g/mol. The summed E-state index contributed by atoms with van der Waals surface area (Å²) >= 11 is 0. The fourth-order valence-electron chi connectivity index (χ4n) is 3.14. The van der Waals surface area contributed by atoms with Gasteiger partial charge in [-0.15, -0.1) is 0 Å². The fraction of sp³-hybridized carbons (Fsp3) is 0.300. The van der Waals surface area contributed by atoms with Crippen molar-refractivity contribution in [2.75, 3.05) is 5.32 Å². The van der Waals surface area contributed by atoms with Gasteiger partial charge in [-0.2, -0.15) is 0 Å². The van der Waals surface area contributed by atoms with Gasteiger partial charge in [0.2, 0.25) is 0 Å². The molecule has 0 heterocycles. The summed E-state index contributed by atoms with van der Waals surface area (Å²) in [6.45, 7) is 3.75. The number of carboxylic acids is 1. The summed E-state index contributed by atoms with van der Waals surface area (Å²) < 4.78 is 5.70. The highest BCUT2D eigenvalue weighted by Gasteiger charge is 2.20. The van der Waals surface area contributed by atoms with Crippen LogP contribution in [0, 0.1) is 0 Å². The van der Waals surface area contributed by atoms with E-state index in [0.717, 1.165) is 24.8 Å². The monoisotopic (exact) mass is 339 g/mol. The molecule has 2 aromatic carbocycles. The van der Waals surface area contributed by atoms with Crippen molar-refractivity contribution in [1.29, 1.82) is 0 Å². The number of fused-ring (bicyclic) bond motifs is 1. The zero-order valence-corrected chi connectivity index (χ0v) is 14.3. The number of aromatic carboxylic acids is 1. The molecule has 0 bridgehead atoms. The molecule has 130 valence electrons. The number of carbonyl (C=O) groups is 2. The summed E-state index contributed by atoms with van der Waals surface area (Å²) in [4.78, 5) is 24.0. The maximum Gasteiger partial charge on any atom is 0.335 e. The third-order valence-electron chi connectivity index (χ3n) is 4.23. The first-order valence-electron chi connectivity index (χ1n) is 8.42. The van der Waals surface area contributed by atoms with Crippen molar-refractivity contribution in [2.24, 2.45) is 0 Å². The van der Waals surface area contributed by atoms with Crippen molar-refractivity contribution >= 4 is 17.6 Å². The van der Waals surface area contributed by atoms with Crippen LogP contribution in [0.1, 0.15) is 52.1 Å². The van der Waals surface area contributed by atoms with Gasteiger partial charge in [0.1, 0.15) is 5.75 Å². The van der Waals surface area contributed by atoms with E-state index < -0.39 is 5.97 Å². The lowest BCUT2D eigenvalue weighted by Crippen LogP contribution is -2.16. The molecule has 0 aliphatic heterocycles. The lowest BCUT2D eigenvalue weighted by molar-refractivity contribution is 0.0696. The van der Waals surface area contributed by atoms with E-state index in [1.807, 2.05) is 26.0 Å². The van der Waals surface area contributed by atoms with Crippen LogP contribution in [0.2, 0.25) is 0 Å². The van der Waals surface area contributed by atoms with E-state index in [-0.39, 0.29) is 17.6 Å². The van der Waals surface area contributed by atoms with Gasteiger partial charge in [0.15, 0.2) is 0 Å². The highest BCUT2D eigenvalue weighted by molar-refractivity contribution is 6.07. The fourth-order valence-corrected chi connectivity index (χ4v) is 3.14. The van der Waals surface area contributed by atoms with Crippen LogP contribution in [-0.2, 0) is 12.8 Å². The number of anilines is 1. The average molecular weight is 339 g/mol. The highest BCUT2D eigenvalue weighted by atomic mass is 16.5. The van der Waals surface area contributed by atoms with Gasteiger partial charge >= 0.3 is 5.97 Å². The third-order valence-corrected chi connectivity index (χ3v) is 4.23. The molecule has 0 saturated carbocycles. The third kappa shape index (κ3) is 3.65. The quantitative estimate of drug-likeness (QED) is 0.866. The van der Waals surface area contributed by atoms with Crippen molar-refractivity contribution in [1.82, 2.24) is 0 Å². The molecule has 0 aromatic heterocycles. The number of hydrogen-bond donors (Lipinski definition) is 2. The predicted octanol–water partition coefficient (Wildman–Crippen LogP) is 3.91. The Balaban J connectivity index is 1.93. The Kier molecular flexibility index (Phi) is 4.74. The second-order valence-electron chi connectivity index (χ2n) is 6.43. The van der Waals surface area contributed by atoms with Gasteiger partial charge in [0, 0.05) is 5.56 Å². The smallest absolute Gasteiger partial charge is 0.335 e. The summed E-state index contributed by atoms with van der Waals surface area (Å²) in [6.07, 6.45) is 2.85. The van der Waals surface area contributed by atoms with Crippen molar-refractivity contribution in [3.63, 3.8) is 0 Å². The number of carboxylic acid groups (broad SMARTS) is 1. The van der Waals surface area contributed by atoms with E-state index in [4.69, 9.17) is 4.74 Å². The number of nitrogens with one attached hydrogen (secondary N) is 1. The predicted molar refractivity (Wildman–Crippen MR) is 95.6 cm³/mol. The van der Waals surface area contributed by atoms with E-state index in [9.17, 15) is 14.7 Å². The summed E-state index contributed by atoms with van der Waals surface area (Å²) in [5.41, 5.74) is 3.41. The number of hydrogen-bond acceptors (Lipinski definition) is 3. The number of rotatable bonds is 5. The lowest BCUT2D eigenvalue weighted by atomic mass is 10.0. The van der Waals surface area contributed by atoms with Gasteiger partial charge in [-0.25, -0.2) is 4.79 Å². The van der Waals surface area contributed by atoms with E-state index >= 15 is 0 Å². The molecule has 0 saturated heterocycles. The molecule has 0 atom stereocenters. The van der Waals surface area contributed by atoms with E-state index in [1.54, 1.807) is 6.07 Å². The van der Waals surface area contributed by atoms with Gasteiger partial charge in [-0.3, -0.25) is 4.79 Å². The zero-order valence-electron chi connectivity index (χ0n) is 14.3. The Morgan fingerprint density at radius 3 is 2.68 bits per heavy atom. The lowest BCUT2D eigenvalue weighted by Gasteiger charge is -2.16. The van der Waals surface area contributed by atoms with Gasteiger partial charge in [-0.05, 0) is 68.5 Å². The Labute approximate surface area is 146 Å². The van der Waals surface area contributed by atoms with Crippen LogP contribution >= 0.6 is 0 Å². The molecule has 0 unspecified atom stereocenters. The summed E-state index contributed by atoms with van der Waals surface area (Å²) in [5.74, 6) is -0.831. The number of carbonyl (C=O) groups excluding carboxylic acids is 1. The van der Waals surface area contributed by atoms with Crippen molar-refractivity contribution in [2.45, 2.75) is 39.2 Å². The second kappa shape index (κ2) is 6.97. The molecule has 2 aromatic rings. The van der Waals surface area contributed by atoms with E-state index in [2.05, 4.69) is 11.4 Å². The number of amides is 1.